The SMILES string of the molecule is CC(C)(C)NC(=O)C=CCN1CCC(N2CCOCC2)CC1. The molecule has 0 unspecified atom stereocenters. The first kappa shape index (κ1) is 17.4. The summed E-state index contributed by atoms with van der Waals surface area (Å²) in [5.74, 6) is -0.00398. The number of likely N-dealkylation sites (tertiary alicyclic amines) is 1. The molecule has 0 saturated carbocycles. The Balaban J connectivity index is 1.65. The van der Waals surface area contributed by atoms with E-state index in [9.17, 15) is 4.79 Å². The molecule has 2 fully saturated rings. The van der Waals surface area contributed by atoms with Gasteiger partial charge in [0.2, 0.25) is 5.91 Å². The van der Waals surface area contributed by atoms with Gasteiger partial charge in [0.25, 0.3) is 0 Å². The summed E-state index contributed by atoms with van der Waals surface area (Å²) in [5, 5.41) is 2.94. The summed E-state index contributed by atoms with van der Waals surface area (Å²) in [6.45, 7) is 13.0. The van der Waals surface area contributed by atoms with Crippen molar-refractivity contribution in [3.8, 4) is 0 Å². The molecule has 0 aliphatic carbocycles. The van der Waals surface area contributed by atoms with Gasteiger partial charge < -0.3 is 10.1 Å². The first-order valence-corrected chi connectivity index (χ1v) is 8.47. The van der Waals surface area contributed by atoms with Gasteiger partial charge in [0.1, 0.15) is 0 Å². The molecular weight excluding hydrogens is 278 g/mol. The summed E-state index contributed by atoms with van der Waals surface area (Å²) in [6, 6.07) is 0.716. The van der Waals surface area contributed by atoms with Crippen molar-refractivity contribution in [3.63, 3.8) is 0 Å². The van der Waals surface area contributed by atoms with E-state index in [1.807, 2.05) is 26.8 Å². The van der Waals surface area contributed by atoms with E-state index in [0.29, 0.717) is 6.04 Å². The van der Waals surface area contributed by atoms with Gasteiger partial charge in [0.15, 0.2) is 0 Å². The number of nitrogens with one attached hydrogen (secondary N) is 1. The minimum absolute atomic E-state index is 0.00398. The predicted molar refractivity (Wildman–Crippen MR) is 88.9 cm³/mol. The van der Waals surface area contributed by atoms with Crippen LogP contribution in [0.5, 0.6) is 0 Å². The zero-order valence-corrected chi connectivity index (χ0v) is 14.3. The fourth-order valence-electron chi connectivity index (χ4n) is 3.13. The zero-order chi connectivity index (χ0) is 16.0. The third-order valence-electron chi connectivity index (χ3n) is 4.25. The van der Waals surface area contributed by atoms with Crippen LogP contribution in [0.4, 0.5) is 0 Å². The number of amides is 1. The second kappa shape index (κ2) is 8.09. The van der Waals surface area contributed by atoms with Crippen molar-refractivity contribution in [2.24, 2.45) is 0 Å². The lowest BCUT2D eigenvalue weighted by Crippen LogP contribution is -2.49. The molecule has 2 aliphatic rings. The Morgan fingerprint density at radius 3 is 2.41 bits per heavy atom. The maximum atomic E-state index is 11.7. The summed E-state index contributed by atoms with van der Waals surface area (Å²) in [4.78, 5) is 16.7. The third kappa shape index (κ3) is 6.07. The van der Waals surface area contributed by atoms with Gasteiger partial charge in [-0.15, -0.1) is 0 Å². The first-order chi connectivity index (χ1) is 10.4. The second-order valence-electron chi connectivity index (χ2n) is 7.32. The van der Waals surface area contributed by atoms with Crippen molar-refractivity contribution in [3.05, 3.63) is 12.2 Å². The molecule has 126 valence electrons. The molecule has 5 heteroatoms. The lowest BCUT2D eigenvalue weighted by Gasteiger charge is -2.39. The van der Waals surface area contributed by atoms with Gasteiger partial charge in [-0.1, -0.05) is 6.08 Å². The number of carbonyl (C=O) groups excluding carboxylic acids is 1. The zero-order valence-electron chi connectivity index (χ0n) is 14.3. The van der Waals surface area contributed by atoms with E-state index in [1.165, 1.54) is 12.8 Å². The third-order valence-corrected chi connectivity index (χ3v) is 4.25. The van der Waals surface area contributed by atoms with E-state index >= 15 is 0 Å². The van der Waals surface area contributed by atoms with Crippen molar-refractivity contribution < 1.29 is 9.53 Å². The Hall–Kier alpha value is -0.910. The van der Waals surface area contributed by atoms with Gasteiger partial charge in [-0.25, -0.2) is 0 Å². The number of ether oxygens (including phenoxy) is 1. The molecule has 2 aliphatic heterocycles. The summed E-state index contributed by atoms with van der Waals surface area (Å²) in [5.41, 5.74) is -0.169. The van der Waals surface area contributed by atoms with Gasteiger partial charge in [-0.05, 0) is 46.7 Å². The van der Waals surface area contributed by atoms with E-state index in [2.05, 4.69) is 15.1 Å². The Bertz CT molecular complexity index is 376. The first-order valence-electron chi connectivity index (χ1n) is 8.47. The monoisotopic (exact) mass is 309 g/mol. The molecule has 0 aromatic rings. The van der Waals surface area contributed by atoms with Crippen molar-refractivity contribution in [2.45, 2.75) is 45.2 Å². The topological polar surface area (TPSA) is 44.8 Å². The number of hydrogen-bond acceptors (Lipinski definition) is 4. The van der Waals surface area contributed by atoms with E-state index < -0.39 is 0 Å². The summed E-state index contributed by atoms with van der Waals surface area (Å²) >= 11 is 0. The largest absolute Gasteiger partial charge is 0.379 e. The molecule has 0 bridgehead atoms. The highest BCUT2D eigenvalue weighted by Gasteiger charge is 2.25. The highest BCUT2D eigenvalue weighted by molar-refractivity contribution is 5.87. The Kier molecular flexibility index (Phi) is 6.41. The van der Waals surface area contributed by atoms with Crippen LogP contribution in [-0.4, -0.2) is 73.2 Å². The van der Waals surface area contributed by atoms with Crippen LogP contribution in [0, 0.1) is 0 Å². The quantitative estimate of drug-likeness (QED) is 0.794. The molecule has 2 heterocycles. The van der Waals surface area contributed by atoms with Crippen molar-refractivity contribution in [1.82, 2.24) is 15.1 Å². The van der Waals surface area contributed by atoms with E-state index in [4.69, 9.17) is 4.74 Å². The number of hydrogen-bond donors (Lipinski definition) is 1. The van der Waals surface area contributed by atoms with Crippen LogP contribution in [0.3, 0.4) is 0 Å². The molecule has 22 heavy (non-hydrogen) atoms. The fraction of sp³-hybridized carbons (Fsp3) is 0.824. The number of carbonyl (C=O) groups is 1. The van der Waals surface area contributed by atoms with E-state index in [1.54, 1.807) is 6.08 Å². The molecule has 0 aromatic heterocycles. The maximum Gasteiger partial charge on any atom is 0.244 e. The Morgan fingerprint density at radius 2 is 1.82 bits per heavy atom. The van der Waals surface area contributed by atoms with Gasteiger partial charge in [0.05, 0.1) is 13.2 Å². The predicted octanol–water partition coefficient (Wildman–Crippen LogP) is 1.25. The molecule has 0 atom stereocenters. The summed E-state index contributed by atoms with van der Waals surface area (Å²) in [7, 11) is 0. The highest BCUT2D eigenvalue weighted by Crippen LogP contribution is 2.17. The van der Waals surface area contributed by atoms with Crippen molar-refractivity contribution in [1.29, 1.82) is 0 Å². The van der Waals surface area contributed by atoms with Crippen LogP contribution in [0.1, 0.15) is 33.6 Å². The van der Waals surface area contributed by atoms with Crippen LogP contribution in [0.15, 0.2) is 12.2 Å². The minimum Gasteiger partial charge on any atom is -0.379 e. The molecule has 2 rings (SSSR count). The Labute approximate surface area is 134 Å². The number of piperidine rings is 1. The van der Waals surface area contributed by atoms with Crippen LogP contribution in [0.2, 0.25) is 0 Å². The second-order valence-corrected chi connectivity index (χ2v) is 7.32. The lowest BCUT2D eigenvalue weighted by atomic mass is 10.0. The molecule has 5 nitrogen and oxygen atoms in total. The van der Waals surface area contributed by atoms with Gasteiger partial charge >= 0.3 is 0 Å². The van der Waals surface area contributed by atoms with Crippen LogP contribution in [-0.2, 0) is 9.53 Å². The van der Waals surface area contributed by atoms with E-state index in [0.717, 1.165) is 45.9 Å². The number of nitrogens with zero attached hydrogens (tertiary/aromatic N) is 2. The standard InChI is InChI=1S/C17H31N3O2/c1-17(2,3)18-16(21)5-4-8-19-9-6-15(7-10-19)20-11-13-22-14-12-20/h4-5,15H,6-14H2,1-3H3,(H,18,21). The van der Waals surface area contributed by atoms with Crippen molar-refractivity contribution >= 4 is 5.91 Å². The smallest absolute Gasteiger partial charge is 0.244 e. The molecule has 1 N–H and O–H groups in total. The molecule has 0 radical (unpaired) electrons. The molecule has 1 amide bonds. The minimum atomic E-state index is -0.169. The van der Waals surface area contributed by atoms with Crippen LogP contribution in [0.25, 0.3) is 0 Å². The van der Waals surface area contributed by atoms with Gasteiger partial charge in [-0.3, -0.25) is 14.6 Å². The molecular formula is C17H31N3O2. The summed E-state index contributed by atoms with van der Waals surface area (Å²) in [6.07, 6.45) is 6.10. The van der Waals surface area contributed by atoms with Crippen molar-refractivity contribution in [2.75, 3.05) is 45.9 Å². The summed E-state index contributed by atoms with van der Waals surface area (Å²) < 4.78 is 5.42. The van der Waals surface area contributed by atoms with Crippen LogP contribution < -0.4 is 5.32 Å². The molecule has 2 saturated heterocycles. The maximum absolute atomic E-state index is 11.7. The van der Waals surface area contributed by atoms with E-state index in [-0.39, 0.29) is 11.4 Å². The fourth-order valence-corrected chi connectivity index (χ4v) is 3.13. The van der Waals surface area contributed by atoms with Gasteiger partial charge in [-0.2, -0.15) is 0 Å². The Morgan fingerprint density at radius 1 is 1.18 bits per heavy atom. The number of morpholine rings is 1. The highest BCUT2D eigenvalue weighted by atomic mass is 16.5. The molecule has 0 spiro atoms. The normalized spacial score (nSPS) is 23.0. The van der Waals surface area contributed by atoms with Gasteiger partial charge in [0, 0.05) is 37.3 Å². The van der Waals surface area contributed by atoms with Crippen LogP contribution >= 0.6 is 0 Å². The number of rotatable bonds is 4. The average Bonchev–Trinajstić information content (AvgIpc) is 2.47. The molecule has 0 aromatic carbocycles. The average molecular weight is 309 g/mol. The lowest BCUT2D eigenvalue weighted by molar-refractivity contribution is -0.117.